The highest BCUT2D eigenvalue weighted by Crippen LogP contribution is 2.44. The van der Waals surface area contributed by atoms with Crippen LogP contribution in [0.1, 0.15) is 72.4 Å². The molecule has 60 heavy (non-hydrogen) atoms. The summed E-state index contributed by atoms with van der Waals surface area (Å²) in [6.07, 6.45) is 3.98. The van der Waals surface area contributed by atoms with Crippen molar-refractivity contribution in [1.82, 2.24) is 29.6 Å². The Morgan fingerprint density at radius 2 is 0.900 bits per heavy atom. The van der Waals surface area contributed by atoms with E-state index in [1.165, 1.54) is 21.6 Å². The Morgan fingerprint density at radius 3 is 1.23 bits per heavy atom. The number of carbonyl (C=O) groups excluding carboxylic acids is 4. The normalized spacial score (nSPS) is 11.3. The molecule has 0 saturated carbocycles. The van der Waals surface area contributed by atoms with Crippen LogP contribution in [-0.4, -0.2) is 147 Å². The summed E-state index contributed by atoms with van der Waals surface area (Å²) in [6, 6.07) is 11.2. The number of aromatic nitrogens is 2. The van der Waals surface area contributed by atoms with Gasteiger partial charge in [0.15, 0.2) is 0 Å². The summed E-state index contributed by atoms with van der Waals surface area (Å²) in [6.45, 7) is 12.6. The van der Waals surface area contributed by atoms with Crippen LogP contribution in [0, 0.1) is 0 Å². The molecular formula is C44H60N6O8S2. The van der Waals surface area contributed by atoms with Gasteiger partial charge in [-0.3, -0.25) is 29.1 Å². The van der Waals surface area contributed by atoms with Crippen LogP contribution in [0.2, 0.25) is 0 Å². The molecule has 4 amide bonds. The van der Waals surface area contributed by atoms with E-state index < -0.39 is 0 Å². The molecule has 0 N–H and O–H groups in total. The average Bonchev–Trinajstić information content (AvgIpc) is 3.27. The molecule has 0 fully saturated rings. The van der Waals surface area contributed by atoms with E-state index in [4.69, 9.17) is 28.9 Å². The van der Waals surface area contributed by atoms with Gasteiger partial charge in [0.2, 0.25) is 11.8 Å². The third-order valence-corrected chi connectivity index (χ3v) is 12.6. The largest absolute Gasteiger partial charge is 0.384 e. The van der Waals surface area contributed by atoms with E-state index in [9.17, 15) is 19.2 Å². The van der Waals surface area contributed by atoms with E-state index in [1.807, 2.05) is 64.1 Å². The first-order valence-electron chi connectivity index (χ1n) is 20.4. The van der Waals surface area contributed by atoms with Crippen molar-refractivity contribution < 1.29 is 38.1 Å². The lowest BCUT2D eigenvalue weighted by atomic mass is 10.0. The number of hydrogen-bond acceptors (Lipinski definition) is 12. The second-order valence-electron chi connectivity index (χ2n) is 13.9. The number of hydrogen-bond donors (Lipinski definition) is 0. The Hall–Kier alpha value is -4.32. The molecule has 0 saturated heterocycles. The Kier molecular flexibility index (Phi) is 20.0. The zero-order valence-corrected chi connectivity index (χ0v) is 37.9. The van der Waals surface area contributed by atoms with Crippen molar-refractivity contribution in [2.45, 2.75) is 63.4 Å². The number of ether oxygens (including phenoxy) is 4. The summed E-state index contributed by atoms with van der Waals surface area (Å²) < 4.78 is 21.0. The Bertz CT molecular complexity index is 1930. The van der Waals surface area contributed by atoms with E-state index in [0.29, 0.717) is 101 Å². The van der Waals surface area contributed by atoms with E-state index >= 15 is 0 Å². The molecule has 326 valence electrons. The van der Waals surface area contributed by atoms with Crippen LogP contribution in [0.3, 0.4) is 0 Å². The molecule has 0 atom stereocenters. The van der Waals surface area contributed by atoms with Gasteiger partial charge < -0.3 is 38.5 Å². The standard InChI is InChI=1S/C44H60N6O8S2/c1-9-47(19-23-57-7)43(53)33-25-35-31(29-49(11-3)39(51)15-21-55-5)13-17-45-41(35)37(27-33)59-60-38-28-34(44(54)48(10-2)20-24-58-8)26-36-32(14-18-46-42(36)38)30-50(12-4)40(52)16-22-56-6/h13-14,17-18,25-28H,9-12,15-16,19-24,29-30H2,1-8H3. The van der Waals surface area contributed by atoms with E-state index in [0.717, 1.165) is 31.7 Å². The van der Waals surface area contributed by atoms with Crippen LogP contribution < -0.4 is 0 Å². The van der Waals surface area contributed by atoms with Gasteiger partial charge in [0.25, 0.3) is 11.8 Å². The van der Waals surface area contributed by atoms with Crippen molar-refractivity contribution in [1.29, 1.82) is 0 Å². The molecule has 0 aliphatic carbocycles. The van der Waals surface area contributed by atoms with Gasteiger partial charge >= 0.3 is 0 Å². The predicted molar refractivity (Wildman–Crippen MR) is 237 cm³/mol. The maximum Gasteiger partial charge on any atom is 0.253 e. The van der Waals surface area contributed by atoms with Crippen LogP contribution in [0.15, 0.2) is 58.6 Å². The van der Waals surface area contributed by atoms with E-state index in [1.54, 1.807) is 60.4 Å². The lowest BCUT2D eigenvalue weighted by Crippen LogP contribution is -2.33. The van der Waals surface area contributed by atoms with Gasteiger partial charge in [-0.2, -0.15) is 0 Å². The van der Waals surface area contributed by atoms with Gasteiger partial charge in [0, 0.05) is 125 Å². The van der Waals surface area contributed by atoms with Crippen molar-refractivity contribution in [2.24, 2.45) is 0 Å². The highest BCUT2D eigenvalue weighted by molar-refractivity contribution is 8.76. The highest BCUT2D eigenvalue weighted by atomic mass is 33.1. The topological polar surface area (TPSA) is 144 Å². The summed E-state index contributed by atoms with van der Waals surface area (Å²) in [4.78, 5) is 72.8. The Balaban J connectivity index is 1.88. The molecule has 0 aliphatic heterocycles. The van der Waals surface area contributed by atoms with Crippen molar-refractivity contribution in [3.63, 3.8) is 0 Å². The number of fused-ring (bicyclic) bond motifs is 2. The van der Waals surface area contributed by atoms with Gasteiger partial charge in [-0.1, -0.05) is 21.6 Å². The smallest absolute Gasteiger partial charge is 0.253 e. The maximum atomic E-state index is 14.1. The van der Waals surface area contributed by atoms with Crippen LogP contribution in [0.4, 0.5) is 0 Å². The summed E-state index contributed by atoms with van der Waals surface area (Å²) in [7, 11) is 9.21. The molecule has 4 aromatic rings. The number of nitrogens with zero attached hydrogens (tertiary/aromatic N) is 6. The van der Waals surface area contributed by atoms with Crippen LogP contribution in [-0.2, 0) is 41.6 Å². The van der Waals surface area contributed by atoms with Gasteiger partial charge in [-0.05, 0) is 75.2 Å². The van der Waals surface area contributed by atoms with Crippen LogP contribution in [0.5, 0.6) is 0 Å². The molecule has 0 bridgehead atoms. The Morgan fingerprint density at radius 1 is 0.533 bits per heavy atom. The second-order valence-corrected chi connectivity index (χ2v) is 16.1. The van der Waals surface area contributed by atoms with Crippen molar-refractivity contribution >= 4 is 67.0 Å². The van der Waals surface area contributed by atoms with E-state index in [-0.39, 0.29) is 36.5 Å². The third kappa shape index (κ3) is 12.6. The minimum Gasteiger partial charge on any atom is -0.384 e. The molecular weight excluding hydrogens is 805 g/mol. The third-order valence-electron chi connectivity index (χ3n) is 10.2. The fraction of sp³-hybridized carbons (Fsp3) is 0.500. The zero-order chi connectivity index (χ0) is 43.6. The first-order valence-corrected chi connectivity index (χ1v) is 22.5. The predicted octanol–water partition coefficient (Wildman–Crippen LogP) is 6.57. The lowest BCUT2D eigenvalue weighted by Gasteiger charge is -2.24. The average molecular weight is 865 g/mol. The summed E-state index contributed by atoms with van der Waals surface area (Å²) in [5.41, 5.74) is 4.03. The number of carbonyl (C=O) groups is 4. The molecule has 2 aromatic heterocycles. The molecule has 14 nitrogen and oxygen atoms in total. The molecule has 0 spiro atoms. The molecule has 2 heterocycles. The minimum absolute atomic E-state index is 0.0307. The number of likely N-dealkylation sites (N-methyl/N-ethyl adjacent to an activating group) is 2. The number of amides is 4. The van der Waals surface area contributed by atoms with Crippen LogP contribution in [0.25, 0.3) is 21.8 Å². The summed E-state index contributed by atoms with van der Waals surface area (Å²) >= 11 is 0. The second kappa shape index (κ2) is 24.8. The quantitative estimate of drug-likeness (QED) is 0.0665. The molecule has 2 aromatic carbocycles. The number of methoxy groups -OCH3 is 4. The van der Waals surface area contributed by atoms with Gasteiger partial charge in [0.1, 0.15) is 0 Å². The fourth-order valence-corrected chi connectivity index (χ4v) is 9.04. The van der Waals surface area contributed by atoms with Gasteiger partial charge in [-0.25, -0.2) is 0 Å². The highest BCUT2D eigenvalue weighted by Gasteiger charge is 2.23. The van der Waals surface area contributed by atoms with Crippen molar-refractivity contribution in [3.05, 3.63) is 71.0 Å². The SMILES string of the molecule is CCN(Cc1ccnc2c(SSc3cc(C(=O)N(CC)CCOC)cc4c(CN(CC)C(=O)CCOC)ccnc34)cc(C(=O)N(CC)CCOC)cc12)C(=O)CCOC. The zero-order valence-electron chi connectivity index (χ0n) is 36.3. The number of rotatable bonds is 25. The molecule has 0 aliphatic rings. The molecule has 16 heteroatoms. The molecule has 4 rings (SSSR count). The van der Waals surface area contributed by atoms with Crippen molar-refractivity contribution in [3.8, 4) is 0 Å². The van der Waals surface area contributed by atoms with E-state index in [2.05, 4.69) is 0 Å². The lowest BCUT2D eigenvalue weighted by molar-refractivity contribution is -0.133. The summed E-state index contributed by atoms with van der Waals surface area (Å²) in [5, 5.41) is 1.52. The Labute approximate surface area is 362 Å². The molecule has 0 unspecified atom stereocenters. The minimum atomic E-state index is -0.151. The van der Waals surface area contributed by atoms with Crippen LogP contribution >= 0.6 is 21.6 Å². The maximum absolute atomic E-state index is 14.1. The van der Waals surface area contributed by atoms with Gasteiger partial charge in [-0.15, -0.1) is 0 Å². The molecule has 0 radical (unpaired) electrons. The number of benzene rings is 2. The summed E-state index contributed by atoms with van der Waals surface area (Å²) in [5.74, 6) is -0.363. The first kappa shape index (κ1) is 48.3. The van der Waals surface area contributed by atoms with Gasteiger partial charge in [0.05, 0.1) is 50.3 Å². The fourth-order valence-electron chi connectivity index (χ4n) is 6.73. The monoisotopic (exact) mass is 864 g/mol. The number of pyridine rings is 2. The first-order chi connectivity index (χ1) is 29.1. The van der Waals surface area contributed by atoms with Crippen molar-refractivity contribution in [2.75, 3.05) is 94.1 Å².